The van der Waals surface area contributed by atoms with Crippen molar-refractivity contribution < 1.29 is 13.9 Å². The monoisotopic (exact) mass is 395 g/mol. The second-order valence-corrected chi connectivity index (χ2v) is 7.39. The molecule has 0 bridgehead atoms. The molecule has 0 spiro atoms. The third-order valence-corrected chi connectivity index (χ3v) is 5.66. The fourth-order valence-electron chi connectivity index (χ4n) is 4.12. The first-order chi connectivity index (χ1) is 14.1. The molecule has 3 heterocycles. The van der Waals surface area contributed by atoms with Crippen molar-refractivity contribution in [2.45, 2.75) is 13.0 Å². The maximum absolute atomic E-state index is 14.7. The van der Waals surface area contributed by atoms with Crippen molar-refractivity contribution in [3.63, 3.8) is 0 Å². The standard InChI is InChI=1S/C21H22FN5O2/c1-13-21(28)25-24-20-12-29-19-10-15(14-4-2-3-5-16(14)22)17(11-18(19)27(13)20)26-8-6-23-7-9-26/h2-5,10-11,13,23H,6-9,12H2,1H3,(H,25,28). The third-order valence-electron chi connectivity index (χ3n) is 5.66. The fraction of sp³-hybridized carbons (Fsp3) is 0.333. The van der Waals surface area contributed by atoms with Gasteiger partial charge in [0, 0.05) is 43.0 Å². The van der Waals surface area contributed by atoms with Crippen LogP contribution in [0.1, 0.15) is 6.92 Å². The van der Waals surface area contributed by atoms with E-state index in [1.807, 2.05) is 30.0 Å². The lowest BCUT2D eigenvalue weighted by atomic mass is 9.99. The molecule has 7 nitrogen and oxygen atoms in total. The first-order valence-corrected chi connectivity index (χ1v) is 9.80. The molecule has 3 aliphatic rings. The summed E-state index contributed by atoms with van der Waals surface area (Å²) in [4.78, 5) is 16.4. The number of halogens is 1. The number of nitrogens with one attached hydrogen (secondary N) is 2. The summed E-state index contributed by atoms with van der Waals surface area (Å²) in [6.45, 7) is 5.45. The summed E-state index contributed by atoms with van der Waals surface area (Å²) in [5.74, 6) is 0.855. The molecule has 8 heteroatoms. The minimum Gasteiger partial charge on any atom is -0.483 e. The lowest BCUT2D eigenvalue weighted by Gasteiger charge is -2.39. The number of anilines is 2. The number of hydrogen-bond acceptors (Lipinski definition) is 6. The number of carbonyl (C=O) groups excluding carboxylic acids is 1. The third kappa shape index (κ3) is 3.00. The summed E-state index contributed by atoms with van der Waals surface area (Å²) < 4.78 is 20.6. The van der Waals surface area contributed by atoms with Crippen LogP contribution >= 0.6 is 0 Å². The second-order valence-electron chi connectivity index (χ2n) is 7.39. The summed E-state index contributed by atoms with van der Waals surface area (Å²) >= 11 is 0. The van der Waals surface area contributed by atoms with E-state index in [0.29, 0.717) is 17.1 Å². The van der Waals surface area contributed by atoms with Gasteiger partial charge in [0.15, 0.2) is 5.84 Å². The molecule has 0 radical (unpaired) electrons. The molecule has 2 aromatic rings. The number of hydrazone groups is 1. The lowest BCUT2D eigenvalue weighted by molar-refractivity contribution is -0.122. The predicted octanol–water partition coefficient (Wildman–Crippen LogP) is 1.93. The van der Waals surface area contributed by atoms with Crippen molar-refractivity contribution in [3.05, 3.63) is 42.2 Å². The Labute approximate surface area is 168 Å². The Kier molecular flexibility index (Phi) is 4.35. The molecule has 150 valence electrons. The average molecular weight is 395 g/mol. The summed E-state index contributed by atoms with van der Waals surface area (Å²) in [5.41, 5.74) is 5.58. The van der Waals surface area contributed by atoms with E-state index >= 15 is 0 Å². The van der Waals surface area contributed by atoms with Crippen molar-refractivity contribution >= 4 is 23.1 Å². The number of carbonyl (C=O) groups is 1. The first-order valence-electron chi connectivity index (χ1n) is 9.80. The van der Waals surface area contributed by atoms with Crippen LogP contribution in [0.2, 0.25) is 0 Å². The largest absolute Gasteiger partial charge is 0.483 e. The molecule has 29 heavy (non-hydrogen) atoms. The van der Waals surface area contributed by atoms with Gasteiger partial charge in [-0.1, -0.05) is 18.2 Å². The molecule has 5 rings (SSSR count). The van der Waals surface area contributed by atoms with Crippen LogP contribution < -0.4 is 25.3 Å². The van der Waals surface area contributed by atoms with E-state index in [1.54, 1.807) is 12.1 Å². The summed E-state index contributed by atoms with van der Waals surface area (Å²) in [5, 5.41) is 7.51. The van der Waals surface area contributed by atoms with Gasteiger partial charge >= 0.3 is 0 Å². The highest BCUT2D eigenvalue weighted by Crippen LogP contribution is 2.44. The Morgan fingerprint density at radius 3 is 2.72 bits per heavy atom. The van der Waals surface area contributed by atoms with Crippen LogP contribution in [0, 0.1) is 5.82 Å². The highest BCUT2D eigenvalue weighted by atomic mass is 19.1. The Bertz CT molecular complexity index is 1000. The van der Waals surface area contributed by atoms with Crippen LogP contribution in [0.3, 0.4) is 0 Å². The Balaban J connectivity index is 1.69. The average Bonchev–Trinajstić information content (AvgIpc) is 2.76. The molecule has 2 aromatic carbocycles. The van der Waals surface area contributed by atoms with Gasteiger partial charge in [-0.3, -0.25) is 4.79 Å². The number of benzene rings is 2. The summed E-state index contributed by atoms with van der Waals surface area (Å²) in [7, 11) is 0. The maximum atomic E-state index is 14.7. The summed E-state index contributed by atoms with van der Waals surface area (Å²) in [6, 6.07) is 10.3. The van der Waals surface area contributed by atoms with Crippen LogP contribution in [0.15, 0.2) is 41.5 Å². The molecular formula is C21H22FN5O2. The number of ether oxygens (including phenoxy) is 1. The van der Waals surface area contributed by atoms with Crippen LogP contribution in [0.25, 0.3) is 11.1 Å². The number of hydrogen-bond donors (Lipinski definition) is 2. The molecular weight excluding hydrogens is 373 g/mol. The molecule has 0 aliphatic carbocycles. The van der Waals surface area contributed by atoms with Gasteiger partial charge in [-0.15, -0.1) is 0 Å². The molecule has 1 unspecified atom stereocenters. The van der Waals surface area contributed by atoms with Crippen LogP contribution in [0.4, 0.5) is 15.8 Å². The van der Waals surface area contributed by atoms with Crippen molar-refractivity contribution in [1.29, 1.82) is 0 Å². The number of amidine groups is 1. The van der Waals surface area contributed by atoms with E-state index in [2.05, 4.69) is 20.7 Å². The van der Waals surface area contributed by atoms with Gasteiger partial charge in [-0.05, 0) is 25.1 Å². The molecule has 3 aliphatic heterocycles. The number of nitrogens with zero attached hydrogens (tertiary/aromatic N) is 3. The Morgan fingerprint density at radius 2 is 1.93 bits per heavy atom. The molecule has 1 saturated heterocycles. The predicted molar refractivity (Wildman–Crippen MR) is 110 cm³/mol. The van der Waals surface area contributed by atoms with Crippen molar-refractivity contribution in [2.75, 3.05) is 42.6 Å². The minimum absolute atomic E-state index is 0.163. The zero-order valence-corrected chi connectivity index (χ0v) is 16.1. The van der Waals surface area contributed by atoms with Gasteiger partial charge in [0.2, 0.25) is 0 Å². The van der Waals surface area contributed by atoms with Crippen LogP contribution in [0.5, 0.6) is 5.75 Å². The zero-order valence-electron chi connectivity index (χ0n) is 16.1. The van der Waals surface area contributed by atoms with E-state index in [4.69, 9.17) is 4.74 Å². The number of fused-ring (bicyclic) bond motifs is 3. The molecule has 0 saturated carbocycles. The summed E-state index contributed by atoms with van der Waals surface area (Å²) in [6.07, 6.45) is 0. The van der Waals surface area contributed by atoms with Crippen LogP contribution in [-0.4, -0.2) is 50.6 Å². The van der Waals surface area contributed by atoms with E-state index < -0.39 is 6.04 Å². The van der Waals surface area contributed by atoms with Crippen LogP contribution in [-0.2, 0) is 4.79 Å². The van der Waals surface area contributed by atoms with Crippen molar-refractivity contribution in [1.82, 2.24) is 10.7 Å². The lowest BCUT2D eigenvalue weighted by Crippen LogP contribution is -2.55. The van der Waals surface area contributed by atoms with Gasteiger partial charge in [0.25, 0.3) is 5.91 Å². The number of amides is 1. The number of rotatable bonds is 2. The highest BCUT2D eigenvalue weighted by Gasteiger charge is 2.36. The number of piperazine rings is 1. The van der Waals surface area contributed by atoms with Gasteiger partial charge < -0.3 is 19.9 Å². The topological polar surface area (TPSA) is 69.2 Å². The maximum Gasteiger partial charge on any atom is 0.262 e. The van der Waals surface area contributed by atoms with Gasteiger partial charge in [0.05, 0.1) is 5.69 Å². The normalized spacial score (nSPS) is 21.0. The van der Waals surface area contributed by atoms with E-state index in [1.165, 1.54) is 6.07 Å². The minimum atomic E-state index is -0.402. The first kappa shape index (κ1) is 17.9. The Hall–Kier alpha value is -3.13. The van der Waals surface area contributed by atoms with Crippen molar-refractivity contribution in [3.8, 4) is 16.9 Å². The molecule has 0 aromatic heterocycles. The van der Waals surface area contributed by atoms with Gasteiger partial charge in [-0.2, -0.15) is 5.10 Å². The van der Waals surface area contributed by atoms with Crippen molar-refractivity contribution in [2.24, 2.45) is 5.10 Å². The zero-order chi connectivity index (χ0) is 20.0. The molecule has 1 amide bonds. The molecule has 2 N–H and O–H groups in total. The quantitative estimate of drug-likeness (QED) is 0.813. The van der Waals surface area contributed by atoms with E-state index in [9.17, 15) is 9.18 Å². The fourth-order valence-corrected chi connectivity index (χ4v) is 4.12. The second kappa shape index (κ2) is 7.04. The molecule has 1 fully saturated rings. The Morgan fingerprint density at radius 1 is 1.14 bits per heavy atom. The van der Waals surface area contributed by atoms with E-state index in [-0.39, 0.29) is 18.3 Å². The molecule has 1 atom stereocenters. The van der Waals surface area contributed by atoms with Gasteiger partial charge in [-0.25, -0.2) is 9.82 Å². The van der Waals surface area contributed by atoms with Gasteiger partial charge in [0.1, 0.15) is 24.2 Å². The smallest absolute Gasteiger partial charge is 0.262 e. The highest BCUT2D eigenvalue weighted by molar-refractivity contribution is 6.10. The van der Waals surface area contributed by atoms with E-state index in [0.717, 1.165) is 43.1 Å². The SMILES string of the molecule is CC1C(=O)NN=C2COc3cc(-c4ccccc4F)c(N4CCNCC4)cc3N21.